The zero-order valence-corrected chi connectivity index (χ0v) is 15.4. The van der Waals surface area contributed by atoms with Crippen molar-refractivity contribution in [3.8, 4) is 6.07 Å². The number of benzene rings is 2. The van der Waals surface area contributed by atoms with E-state index in [0.29, 0.717) is 22.4 Å². The number of rotatable bonds is 6. The Bertz CT molecular complexity index is 938. The largest absolute Gasteiger partial charge is 0.465 e. The van der Waals surface area contributed by atoms with E-state index in [0.717, 1.165) is 0 Å². The average molecular weight is 378 g/mol. The summed E-state index contributed by atoms with van der Waals surface area (Å²) in [5, 5.41) is 11.9. The second kappa shape index (κ2) is 9.69. The van der Waals surface area contributed by atoms with Crippen LogP contribution in [0.5, 0.6) is 0 Å². The third kappa shape index (κ3) is 5.29. The van der Waals surface area contributed by atoms with Crippen LogP contribution in [-0.2, 0) is 14.3 Å². The van der Waals surface area contributed by atoms with Gasteiger partial charge in [0.2, 0.25) is 0 Å². The van der Waals surface area contributed by atoms with Crippen molar-refractivity contribution in [1.82, 2.24) is 0 Å². The van der Waals surface area contributed by atoms with Gasteiger partial charge in [-0.2, -0.15) is 5.26 Å². The minimum atomic E-state index is -0.594. The van der Waals surface area contributed by atoms with Gasteiger partial charge in [0.25, 0.3) is 5.91 Å². The molecule has 0 aliphatic rings. The fraction of sp³-hybridized carbons (Fsp3) is 0.143. The zero-order valence-electron chi connectivity index (χ0n) is 15.4. The molecule has 0 unspecified atom stereocenters. The smallest absolute Gasteiger partial charge is 0.338 e. The minimum absolute atomic E-state index is 0.111. The van der Waals surface area contributed by atoms with E-state index in [-0.39, 0.29) is 12.2 Å². The fourth-order valence-electron chi connectivity index (χ4n) is 2.25. The van der Waals surface area contributed by atoms with Crippen LogP contribution in [0.1, 0.15) is 33.2 Å². The predicted octanol–water partition coefficient (Wildman–Crippen LogP) is 3.20. The van der Waals surface area contributed by atoms with Crippen LogP contribution in [-0.4, -0.2) is 31.6 Å². The molecule has 1 N–H and O–H groups in total. The normalized spacial score (nSPS) is 10.5. The molecule has 0 aliphatic heterocycles. The van der Waals surface area contributed by atoms with E-state index in [9.17, 15) is 19.6 Å². The van der Waals surface area contributed by atoms with E-state index in [4.69, 9.17) is 4.74 Å². The quantitative estimate of drug-likeness (QED) is 0.470. The Morgan fingerprint density at radius 2 is 1.57 bits per heavy atom. The number of hydrogen-bond donors (Lipinski definition) is 1. The van der Waals surface area contributed by atoms with Crippen LogP contribution in [0, 0.1) is 11.3 Å². The summed E-state index contributed by atoms with van der Waals surface area (Å²) < 4.78 is 9.51. The molecule has 0 fully saturated rings. The van der Waals surface area contributed by atoms with Gasteiger partial charge in [0.15, 0.2) is 0 Å². The number of nitrogens with zero attached hydrogens (tertiary/aromatic N) is 1. The average Bonchev–Trinajstić information content (AvgIpc) is 2.72. The van der Waals surface area contributed by atoms with Gasteiger partial charge < -0.3 is 14.8 Å². The Morgan fingerprint density at radius 3 is 2.11 bits per heavy atom. The van der Waals surface area contributed by atoms with E-state index in [1.54, 1.807) is 43.3 Å². The van der Waals surface area contributed by atoms with Crippen LogP contribution in [0.4, 0.5) is 5.69 Å². The molecule has 0 saturated carbocycles. The third-order valence-electron chi connectivity index (χ3n) is 3.66. The van der Waals surface area contributed by atoms with Crippen molar-refractivity contribution in [1.29, 1.82) is 5.26 Å². The maximum atomic E-state index is 12.3. The molecule has 0 spiro atoms. The second-order valence-corrected chi connectivity index (χ2v) is 5.54. The first kappa shape index (κ1) is 20.4. The van der Waals surface area contributed by atoms with Gasteiger partial charge >= 0.3 is 11.9 Å². The fourth-order valence-corrected chi connectivity index (χ4v) is 2.25. The van der Waals surface area contributed by atoms with Gasteiger partial charge in [0.05, 0.1) is 24.8 Å². The van der Waals surface area contributed by atoms with Gasteiger partial charge in [-0.05, 0) is 55.0 Å². The summed E-state index contributed by atoms with van der Waals surface area (Å²) in [6, 6.07) is 14.3. The Balaban J connectivity index is 2.11. The molecule has 7 heteroatoms. The molecule has 28 heavy (non-hydrogen) atoms. The SMILES string of the molecule is CCOC(=O)c1ccc(NC(=O)/C(C#N)=C/c2ccc(C(=O)OC)cc2)cc1. The molecule has 7 nitrogen and oxygen atoms in total. The first-order valence-electron chi connectivity index (χ1n) is 8.37. The highest BCUT2D eigenvalue weighted by atomic mass is 16.5. The van der Waals surface area contributed by atoms with E-state index in [1.807, 2.05) is 6.07 Å². The molecule has 0 aliphatic carbocycles. The summed E-state index contributed by atoms with van der Waals surface area (Å²) in [5.74, 6) is -1.52. The molecule has 2 aromatic rings. The lowest BCUT2D eigenvalue weighted by Crippen LogP contribution is -2.13. The molecule has 0 heterocycles. The molecule has 2 aromatic carbocycles. The van der Waals surface area contributed by atoms with Crippen LogP contribution in [0.3, 0.4) is 0 Å². The third-order valence-corrected chi connectivity index (χ3v) is 3.66. The summed E-state index contributed by atoms with van der Waals surface area (Å²) in [5.41, 5.74) is 1.63. The Kier molecular flexibility index (Phi) is 7.06. The van der Waals surface area contributed by atoms with Gasteiger partial charge in [0, 0.05) is 5.69 Å². The van der Waals surface area contributed by atoms with Gasteiger partial charge in [-0.1, -0.05) is 12.1 Å². The van der Waals surface area contributed by atoms with E-state index in [1.165, 1.54) is 25.3 Å². The number of nitrogens with one attached hydrogen (secondary N) is 1. The van der Waals surface area contributed by atoms with Gasteiger partial charge in [-0.25, -0.2) is 9.59 Å². The number of nitriles is 1. The Hall–Kier alpha value is -3.92. The van der Waals surface area contributed by atoms with Crippen LogP contribution >= 0.6 is 0 Å². The molecular formula is C21H18N2O5. The molecular weight excluding hydrogens is 360 g/mol. The summed E-state index contributed by atoms with van der Waals surface area (Å²) in [6.07, 6.45) is 1.41. The monoisotopic (exact) mass is 378 g/mol. The van der Waals surface area contributed by atoms with Crippen molar-refractivity contribution < 1.29 is 23.9 Å². The lowest BCUT2D eigenvalue weighted by atomic mass is 10.1. The second-order valence-electron chi connectivity index (χ2n) is 5.54. The van der Waals surface area contributed by atoms with Gasteiger partial charge in [-0.3, -0.25) is 4.79 Å². The summed E-state index contributed by atoms with van der Waals surface area (Å²) in [7, 11) is 1.29. The standard InChI is InChI=1S/C21H18N2O5/c1-3-28-21(26)16-8-10-18(11-9-16)23-19(24)17(13-22)12-14-4-6-15(7-5-14)20(25)27-2/h4-12H,3H2,1-2H3,(H,23,24)/b17-12+. The maximum Gasteiger partial charge on any atom is 0.338 e. The maximum absolute atomic E-state index is 12.3. The summed E-state index contributed by atoms with van der Waals surface area (Å²) >= 11 is 0. The highest BCUT2D eigenvalue weighted by molar-refractivity contribution is 6.09. The molecule has 0 saturated heterocycles. The first-order valence-corrected chi connectivity index (χ1v) is 8.37. The van der Waals surface area contributed by atoms with Gasteiger partial charge in [0.1, 0.15) is 11.6 Å². The number of methoxy groups -OCH3 is 1. The number of carbonyl (C=O) groups is 3. The number of hydrogen-bond acceptors (Lipinski definition) is 6. The van der Waals surface area contributed by atoms with Crippen molar-refractivity contribution >= 4 is 29.6 Å². The number of anilines is 1. The van der Waals surface area contributed by atoms with Crippen molar-refractivity contribution in [2.45, 2.75) is 6.92 Å². The van der Waals surface area contributed by atoms with Crippen LogP contribution < -0.4 is 5.32 Å². The topological polar surface area (TPSA) is 105 Å². The van der Waals surface area contributed by atoms with Gasteiger partial charge in [-0.15, -0.1) is 0 Å². The number of ether oxygens (including phenoxy) is 2. The van der Waals surface area contributed by atoms with Crippen LogP contribution in [0.15, 0.2) is 54.1 Å². The predicted molar refractivity (Wildman–Crippen MR) is 102 cm³/mol. The van der Waals surface area contributed by atoms with Crippen molar-refractivity contribution in [3.63, 3.8) is 0 Å². The van der Waals surface area contributed by atoms with E-state index >= 15 is 0 Å². The molecule has 0 aromatic heterocycles. The summed E-state index contributed by atoms with van der Waals surface area (Å²) in [4.78, 5) is 35.4. The summed E-state index contributed by atoms with van der Waals surface area (Å²) in [6.45, 7) is 1.99. The minimum Gasteiger partial charge on any atom is -0.465 e. The van der Waals surface area contributed by atoms with E-state index < -0.39 is 17.8 Å². The van der Waals surface area contributed by atoms with Crippen LogP contribution in [0.25, 0.3) is 6.08 Å². The number of carbonyl (C=O) groups excluding carboxylic acids is 3. The molecule has 0 atom stereocenters. The van der Waals surface area contributed by atoms with E-state index in [2.05, 4.69) is 10.1 Å². The van der Waals surface area contributed by atoms with Crippen molar-refractivity contribution in [2.24, 2.45) is 0 Å². The highest BCUT2D eigenvalue weighted by Gasteiger charge is 2.11. The molecule has 1 amide bonds. The number of esters is 2. The van der Waals surface area contributed by atoms with Crippen molar-refractivity contribution in [2.75, 3.05) is 19.0 Å². The first-order chi connectivity index (χ1) is 13.5. The molecule has 0 radical (unpaired) electrons. The highest BCUT2D eigenvalue weighted by Crippen LogP contribution is 2.14. The lowest BCUT2D eigenvalue weighted by Gasteiger charge is -2.06. The molecule has 142 valence electrons. The van der Waals surface area contributed by atoms with Crippen molar-refractivity contribution in [3.05, 3.63) is 70.8 Å². The molecule has 0 bridgehead atoms. The lowest BCUT2D eigenvalue weighted by molar-refractivity contribution is -0.112. The zero-order chi connectivity index (χ0) is 20.5. The Morgan fingerprint density at radius 1 is 1.00 bits per heavy atom. The number of amides is 1. The Labute approximate surface area is 162 Å². The molecule has 2 rings (SSSR count). The van der Waals surface area contributed by atoms with Crippen LogP contribution in [0.2, 0.25) is 0 Å².